The number of hydrogen-bond donors (Lipinski definition) is 1. The molecular formula is C25H30Cl2N2O2S. The quantitative estimate of drug-likeness (QED) is 0.415. The molecule has 1 aliphatic carbocycles. The Labute approximate surface area is 205 Å². The Bertz CT molecular complexity index is 904. The molecular weight excluding hydrogens is 463 g/mol. The Morgan fingerprint density at radius 3 is 2.47 bits per heavy atom. The molecule has 1 atom stereocenters. The highest BCUT2D eigenvalue weighted by molar-refractivity contribution is 8.00. The van der Waals surface area contributed by atoms with Crippen molar-refractivity contribution in [1.82, 2.24) is 10.2 Å². The zero-order chi connectivity index (χ0) is 22.9. The van der Waals surface area contributed by atoms with Crippen molar-refractivity contribution < 1.29 is 9.59 Å². The lowest BCUT2D eigenvalue weighted by Gasteiger charge is -2.33. The largest absolute Gasteiger partial charge is 0.352 e. The van der Waals surface area contributed by atoms with Gasteiger partial charge < -0.3 is 10.2 Å². The van der Waals surface area contributed by atoms with E-state index in [0.717, 1.165) is 36.1 Å². The van der Waals surface area contributed by atoms with Gasteiger partial charge in [-0.25, -0.2) is 0 Å². The molecule has 1 N–H and O–H groups in total. The molecule has 1 aliphatic rings. The van der Waals surface area contributed by atoms with Crippen LogP contribution in [-0.4, -0.2) is 34.6 Å². The number of hydrogen-bond acceptors (Lipinski definition) is 3. The second-order valence-corrected chi connectivity index (χ2v) is 10.0. The summed E-state index contributed by atoms with van der Waals surface area (Å²) >= 11 is 13.9. The van der Waals surface area contributed by atoms with E-state index in [4.69, 9.17) is 23.2 Å². The summed E-state index contributed by atoms with van der Waals surface area (Å²) in [6, 6.07) is 14.7. The maximum atomic E-state index is 13.4. The van der Waals surface area contributed by atoms with Crippen molar-refractivity contribution in [1.29, 1.82) is 0 Å². The smallest absolute Gasteiger partial charge is 0.243 e. The number of halogens is 2. The highest BCUT2D eigenvalue weighted by atomic mass is 35.5. The van der Waals surface area contributed by atoms with E-state index < -0.39 is 6.04 Å². The van der Waals surface area contributed by atoms with Crippen molar-refractivity contribution in [2.45, 2.75) is 69.0 Å². The summed E-state index contributed by atoms with van der Waals surface area (Å²) in [5.41, 5.74) is 0.776. The summed E-state index contributed by atoms with van der Waals surface area (Å²) in [7, 11) is 0. The van der Waals surface area contributed by atoms with Gasteiger partial charge in [-0.15, -0.1) is 11.8 Å². The predicted octanol–water partition coefficient (Wildman–Crippen LogP) is 6.34. The monoisotopic (exact) mass is 492 g/mol. The minimum absolute atomic E-state index is 0.0810. The van der Waals surface area contributed by atoms with E-state index in [0.29, 0.717) is 16.5 Å². The Hall–Kier alpha value is -1.69. The van der Waals surface area contributed by atoms with Gasteiger partial charge in [-0.2, -0.15) is 0 Å². The summed E-state index contributed by atoms with van der Waals surface area (Å²) in [4.78, 5) is 29.3. The molecule has 172 valence electrons. The first-order valence-electron chi connectivity index (χ1n) is 11.2. The summed E-state index contributed by atoms with van der Waals surface area (Å²) in [5, 5.41) is 4.23. The number of rotatable bonds is 9. The van der Waals surface area contributed by atoms with Crippen LogP contribution in [0.15, 0.2) is 53.4 Å². The zero-order valence-electron chi connectivity index (χ0n) is 18.4. The Morgan fingerprint density at radius 1 is 1.09 bits per heavy atom. The maximum absolute atomic E-state index is 13.4. The van der Waals surface area contributed by atoms with Gasteiger partial charge in [-0.1, -0.05) is 73.7 Å². The van der Waals surface area contributed by atoms with Crippen LogP contribution in [0.3, 0.4) is 0 Å². The fourth-order valence-corrected chi connectivity index (χ4v) is 5.32. The van der Waals surface area contributed by atoms with Crippen LogP contribution in [0.2, 0.25) is 10.0 Å². The van der Waals surface area contributed by atoms with Gasteiger partial charge >= 0.3 is 0 Å². The normalized spacial score (nSPS) is 15.2. The topological polar surface area (TPSA) is 49.4 Å². The molecule has 2 amide bonds. The van der Waals surface area contributed by atoms with Crippen molar-refractivity contribution in [2.75, 3.05) is 5.75 Å². The number of carbonyl (C=O) groups is 2. The van der Waals surface area contributed by atoms with E-state index in [1.54, 1.807) is 17.0 Å². The number of carbonyl (C=O) groups excluding carboxylic acids is 2. The molecule has 2 aromatic carbocycles. The highest BCUT2D eigenvalue weighted by Gasteiger charge is 2.30. The number of nitrogens with zero attached hydrogens (tertiary/aromatic N) is 1. The van der Waals surface area contributed by atoms with Crippen LogP contribution in [-0.2, 0) is 16.1 Å². The van der Waals surface area contributed by atoms with Gasteiger partial charge in [0.25, 0.3) is 0 Å². The molecule has 0 saturated heterocycles. The lowest BCUT2D eigenvalue weighted by Crippen LogP contribution is -2.52. The van der Waals surface area contributed by atoms with Crippen molar-refractivity contribution in [3.63, 3.8) is 0 Å². The van der Waals surface area contributed by atoms with Gasteiger partial charge in [-0.05, 0) is 49.1 Å². The SMILES string of the molecule is CCC(C(=O)NC1CCCCC1)N(Cc1ccc(Cl)cc1Cl)C(=O)CSc1ccccc1. The van der Waals surface area contributed by atoms with E-state index in [1.807, 2.05) is 43.3 Å². The molecule has 4 nitrogen and oxygen atoms in total. The third kappa shape index (κ3) is 7.16. The van der Waals surface area contributed by atoms with Crippen LogP contribution in [0.25, 0.3) is 0 Å². The molecule has 0 bridgehead atoms. The lowest BCUT2D eigenvalue weighted by molar-refractivity contribution is -0.139. The average molecular weight is 494 g/mol. The molecule has 7 heteroatoms. The molecule has 0 aliphatic heterocycles. The number of thioether (sulfide) groups is 1. The van der Waals surface area contributed by atoms with Crippen LogP contribution in [0.1, 0.15) is 51.0 Å². The van der Waals surface area contributed by atoms with E-state index in [-0.39, 0.29) is 30.2 Å². The number of nitrogens with one attached hydrogen (secondary N) is 1. The summed E-state index contributed by atoms with van der Waals surface area (Å²) < 4.78 is 0. The van der Waals surface area contributed by atoms with Crippen molar-refractivity contribution >= 4 is 46.8 Å². The molecule has 0 aromatic heterocycles. The highest BCUT2D eigenvalue weighted by Crippen LogP contribution is 2.26. The summed E-state index contributed by atoms with van der Waals surface area (Å²) in [6.45, 7) is 2.21. The minimum atomic E-state index is -0.549. The molecule has 0 radical (unpaired) electrons. The summed E-state index contributed by atoms with van der Waals surface area (Å²) in [5.74, 6) is 0.0839. The van der Waals surface area contributed by atoms with Gasteiger partial charge in [0.1, 0.15) is 6.04 Å². The first-order chi connectivity index (χ1) is 15.5. The fourth-order valence-electron chi connectivity index (χ4n) is 4.04. The predicted molar refractivity (Wildman–Crippen MR) is 133 cm³/mol. The molecule has 1 fully saturated rings. The zero-order valence-corrected chi connectivity index (χ0v) is 20.7. The average Bonchev–Trinajstić information content (AvgIpc) is 2.80. The first kappa shape index (κ1) is 24.9. The van der Waals surface area contributed by atoms with Gasteiger partial charge in [0.05, 0.1) is 5.75 Å². The molecule has 32 heavy (non-hydrogen) atoms. The molecule has 1 saturated carbocycles. The second kappa shape index (κ2) is 12.5. The van der Waals surface area contributed by atoms with Crippen molar-refractivity contribution in [3.8, 4) is 0 Å². The van der Waals surface area contributed by atoms with Crippen LogP contribution >= 0.6 is 35.0 Å². The van der Waals surface area contributed by atoms with Crippen LogP contribution in [0.5, 0.6) is 0 Å². The molecule has 2 aromatic rings. The van der Waals surface area contributed by atoms with E-state index in [9.17, 15) is 9.59 Å². The third-order valence-electron chi connectivity index (χ3n) is 5.80. The third-order valence-corrected chi connectivity index (χ3v) is 7.38. The maximum Gasteiger partial charge on any atom is 0.243 e. The van der Waals surface area contributed by atoms with E-state index in [2.05, 4.69) is 5.32 Å². The van der Waals surface area contributed by atoms with Gasteiger partial charge in [-0.3, -0.25) is 9.59 Å². The van der Waals surface area contributed by atoms with Crippen molar-refractivity contribution in [2.24, 2.45) is 0 Å². The fraction of sp³-hybridized carbons (Fsp3) is 0.440. The van der Waals surface area contributed by atoms with Gasteiger partial charge in [0.2, 0.25) is 11.8 Å². The minimum Gasteiger partial charge on any atom is -0.352 e. The second-order valence-electron chi connectivity index (χ2n) is 8.13. The Morgan fingerprint density at radius 2 is 1.81 bits per heavy atom. The lowest BCUT2D eigenvalue weighted by atomic mass is 9.95. The van der Waals surface area contributed by atoms with Gasteiger partial charge in [0, 0.05) is 27.5 Å². The van der Waals surface area contributed by atoms with Crippen LogP contribution in [0.4, 0.5) is 0 Å². The van der Waals surface area contributed by atoms with Crippen molar-refractivity contribution in [3.05, 3.63) is 64.1 Å². The van der Waals surface area contributed by atoms with Crippen LogP contribution < -0.4 is 5.32 Å². The number of amides is 2. The Balaban J connectivity index is 1.78. The summed E-state index contributed by atoms with van der Waals surface area (Å²) in [6.07, 6.45) is 6.04. The van der Waals surface area contributed by atoms with E-state index >= 15 is 0 Å². The van der Waals surface area contributed by atoms with E-state index in [1.165, 1.54) is 18.2 Å². The standard InChI is InChI=1S/C25H30Cl2N2O2S/c1-2-23(25(31)28-20-9-5-3-6-10-20)29(16-18-13-14-19(26)15-22(18)27)24(30)17-32-21-11-7-4-8-12-21/h4,7-8,11-15,20,23H,2-3,5-6,9-10,16-17H2,1H3,(H,28,31). The van der Waals surface area contributed by atoms with Crippen LogP contribution in [0, 0.1) is 0 Å². The van der Waals surface area contributed by atoms with Gasteiger partial charge in [0.15, 0.2) is 0 Å². The molecule has 0 heterocycles. The molecule has 0 spiro atoms. The Kier molecular flexibility index (Phi) is 9.76. The number of benzene rings is 2. The first-order valence-corrected chi connectivity index (χ1v) is 12.9. The molecule has 3 rings (SSSR count). The molecule has 1 unspecified atom stereocenters.